The summed E-state index contributed by atoms with van der Waals surface area (Å²) < 4.78 is 0. The van der Waals surface area contributed by atoms with Gasteiger partial charge in [-0.2, -0.15) is 0 Å². The lowest BCUT2D eigenvalue weighted by atomic mass is 9.90. The number of hydrogen-bond acceptors (Lipinski definition) is 4. The maximum atomic E-state index is 6.06. The molecule has 0 aliphatic rings. The molecule has 0 amide bonds. The van der Waals surface area contributed by atoms with Crippen molar-refractivity contribution in [1.82, 2.24) is 0 Å². The Labute approximate surface area is 210 Å². The minimum Gasteiger partial charge on any atom is -0.399 e. The third-order valence-electron chi connectivity index (χ3n) is 6.63. The quantitative estimate of drug-likeness (QED) is 0.182. The number of nitrogen functional groups attached to an aromatic ring is 3. The van der Waals surface area contributed by atoms with Gasteiger partial charge >= 0.3 is 0 Å². The van der Waals surface area contributed by atoms with Crippen LogP contribution in [0.1, 0.15) is 0 Å². The molecule has 6 aromatic carbocycles. The Balaban J connectivity index is 1.75. The van der Waals surface area contributed by atoms with Crippen LogP contribution in [0.15, 0.2) is 121 Å². The van der Waals surface area contributed by atoms with Crippen LogP contribution in [0.25, 0.3) is 32.7 Å². The van der Waals surface area contributed by atoms with Gasteiger partial charge in [-0.15, -0.1) is 0 Å². The van der Waals surface area contributed by atoms with Crippen LogP contribution in [0.4, 0.5) is 34.1 Å². The molecule has 0 aliphatic heterocycles. The molecule has 4 heteroatoms. The Hall–Kier alpha value is -4.96. The van der Waals surface area contributed by atoms with Crippen LogP contribution in [0.5, 0.6) is 0 Å². The minimum atomic E-state index is 0.726. The van der Waals surface area contributed by atoms with Crippen LogP contribution in [-0.4, -0.2) is 0 Å². The molecule has 0 fully saturated rings. The molecule has 36 heavy (non-hydrogen) atoms. The van der Waals surface area contributed by atoms with Crippen molar-refractivity contribution in [1.29, 1.82) is 0 Å². The van der Waals surface area contributed by atoms with Gasteiger partial charge in [0.2, 0.25) is 0 Å². The van der Waals surface area contributed by atoms with E-state index in [2.05, 4.69) is 89.8 Å². The van der Waals surface area contributed by atoms with Crippen LogP contribution < -0.4 is 22.1 Å². The van der Waals surface area contributed by atoms with Crippen molar-refractivity contribution >= 4 is 55.7 Å². The molecule has 0 spiro atoms. The van der Waals surface area contributed by atoms with Gasteiger partial charge in [0, 0.05) is 39.2 Å². The SMILES string of the molecule is Nc1ccc(-c2c3ccccc3c(N(c3ccc(N)cc3)c3ccc(N)cc3)c3ccccc23)cc1. The summed E-state index contributed by atoms with van der Waals surface area (Å²) in [4.78, 5) is 2.29. The molecule has 6 aromatic rings. The van der Waals surface area contributed by atoms with Gasteiger partial charge < -0.3 is 22.1 Å². The lowest BCUT2D eigenvalue weighted by Crippen LogP contribution is -2.11. The largest absolute Gasteiger partial charge is 0.399 e. The molecule has 0 saturated carbocycles. The molecule has 0 aromatic heterocycles. The second-order valence-corrected chi connectivity index (χ2v) is 8.96. The Morgan fingerprint density at radius 1 is 0.389 bits per heavy atom. The van der Waals surface area contributed by atoms with Gasteiger partial charge in [0.1, 0.15) is 0 Å². The van der Waals surface area contributed by atoms with E-state index in [1.165, 1.54) is 16.3 Å². The van der Waals surface area contributed by atoms with Crippen molar-refractivity contribution in [2.45, 2.75) is 0 Å². The van der Waals surface area contributed by atoms with Crippen molar-refractivity contribution in [2.75, 3.05) is 22.1 Å². The zero-order valence-electron chi connectivity index (χ0n) is 19.7. The number of nitrogens with zero attached hydrogens (tertiary/aromatic N) is 1. The van der Waals surface area contributed by atoms with Gasteiger partial charge in [0.25, 0.3) is 0 Å². The van der Waals surface area contributed by atoms with Crippen molar-refractivity contribution < 1.29 is 0 Å². The van der Waals surface area contributed by atoms with Gasteiger partial charge in [-0.3, -0.25) is 0 Å². The van der Waals surface area contributed by atoms with E-state index in [1.54, 1.807) is 0 Å². The molecule has 0 atom stereocenters. The van der Waals surface area contributed by atoms with Crippen molar-refractivity contribution in [3.63, 3.8) is 0 Å². The fourth-order valence-corrected chi connectivity index (χ4v) is 4.96. The molecule has 0 saturated heterocycles. The van der Waals surface area contributed by atoms with Gasteiger partial charge in [-0.05, 0) is 82.6 Å². The second kappa shape index (κ2) is 8.67. The van der Waals surface area contributed by atoms with E-state index in [-0.39, 0.29) is 0 Å². The summed E-state index contributed by atoms with van der Waals surface area (Å²) in [5.74, 6) is 0. The number of anilines is 6. The first-order valence-corrected chi connectivity index (χ1v) is 11.9. The number of nitrogens with two attached hydrogens (primary N) is 3. The van der Waals surface area contributed by atoms with E-state index < -0.39 is 0 Å². The maximum absolute atomic E-state index is 6.06. The lowest BCUT2D eigenvalue weighted by Gasteiger charge is -2.29. The smallest absolute Gasteiger partial charge is 0.0618 e. The molecule has 0 unspecified atom stereocenters. The summed E-state index contributed by atoms with van der Waals surface area (Å²) in [5, 5.41) is 4.65. The maximum Gasteiger partial charge on any atom is 0.0618 e. The predicted octanol–water partition coefficient (Wildman–Crippen LogP) is 7.88. The topological polar surface area (TPSA) is 81.3 Å². The van der Waals surface area contributed by atoms with Crippen molar-refractivity contribution in [2.24, 2.45) is 0 Å². The highest BCUT2D eigenvalue weighted by molar-refractivity contribution is 6.22. The average Bonchev–Trinajstić information content (AvgIpc) is 2.91. The summed E-state index contributed by atoms with van der Waals surface area (Å²) in [5.41, 5.74) is 25.8. The number of hydrogen-bond donors (Lipinski definition) is 3. The first-order valence-electron chi connectivity index (χ1n) is 11.9. The average molecular weight is 467 g/mol. The first-order chi connectivity index (χ1) is 17.6. The first kappa shape index (κ1) is 21.6. The summed E-state index contributed by atoms with van der Waals surface area (Å²) >= 11 is 0. The minimum absolute atomic E-state index is 0.726. The van der Waals surface area contributed by atoms with E-state index in [4.69, 9.17) is 17.2 Å². The number of rotatable bonds is 4. The van der Waals surface area contributed by atoms with Gasteiger partial charge in [-0.25, -0.2) is 0 Å². The van der Waals surface area contributed by atoms with Gasteiger partial charge in [0.15, 0.2) is 0 Å². The Morgan fingerprint density at radius 3 is 1.17 bits per heavy atom. The zero-order valence-corrected chi connectivity index (χ0v) is 19.7. The molecule has 0 aliphatic carbocycles. The van der Waals surface area contributed by atoms with Crippen LogP contribution >= 0.6 is 0 Å². The Bertz CT molecular complexity index is 1580. The van der Waals surface area contributed by atoms with Crippen LogP contribution in [0, 0.1) is 0 Å². The highest BCUT2D eigenvalue weighted by Gasteiger charge is 2.21. The molecule has 174 valence electrons. The van der Waals surface area contributed by atoms with E-state index in [9.17, 15) is 0 Å². The number of fused-ring (bicyclic) bond motifs is 2. The summed E-state index contributed by atoms with van der Waals surface area (Å²) in [7, 11) is 0. The normalized spacial score (nSPS) is 11.1. The summed E-state index contributed by atoms with van der Waals surface area (Å²) in [6, 6.07) is 41.3. The van der Waals surface area contributed by atoms with Gasteiger partial charge in [-0.1, -0.05) is 60.7 Å². The zero-order chi connectivity index (χ0) is 24.6. The van der Waals surface area contributed by atoms with Crippen molar-refractivity contribution in [3.8, 4) is 11.1 Å². The fourth-order valence-electron chi connectivity index (χ4n) is 4.96. The number of benzene rings is 6. The van der Waals surface area contributed by atoms with E-state index in [1.807, 2.05) is 36.4 Å². The molecule has 6 N–H and O–H groups in total. The van der Waals surface area contributed by atoms with Crippen molar-refractivity contribution in [3.05, 3.63) is 121 Å². The summed E-state index contributed by atoms with van der Waals surface area (Å²) in [6.45, 7) is 0. The van der Waals surface area contributed by atoms with Crippen LogP contribution in [0.3, 0.4) is 0 Å². The van der Waals surface area contributed by atoms with Crippen LogP contribution in [-0.2, 0) is 0 Å². The van der Waals surface area contributed by atoms with E-state index in [0.717, 1.165) is 50.5 Å². The molecule has 0 heterocycles. The highest BCUT2D eigenvalue weighted by Crippen LogP contribution is 2.48. The van der Waals surface area contributed by atoms with Gasteiger partial charge in [0.05, 0.1) is 5.69 Å². The fraction of sp³-hybridized carbons (Fsp3) is 0. The van der Waals surface area contributed by atoms with E-state index in [0.29, 0.717) is 0 Å². The molecular weight excluding hydrogens is 440 g/mol. The Kier molecular flexibility index (Phi) is 5.20. The Morgan fingerprint density at radius 2 is 0.750 bits per heavy atom. The monoisotopic (exact) mass is 466 g/mol. The van der Waals surface area contributed by atoms with Crippen LogP contribution in [0.2, 0.25) is 0 Å². The molecule has 0 radical (unpaired) electrons. The predicted molar refractivity (Wildman–Crippen MR) is 155 cm³/mol. The van der Waals surface area contributed by atoms with E-state index >= 15 is 0 Å². The highest BCUT2D eigenvalue weighted by atomic mass is 15.1. The molecule has 4 nitrogen and oxygen atoms in total. The third-order valence-corrected chi connectivity index (χ3v) is 6.63. The second-order valence-electron chi connectivity index (χ2n) is 8.96. The summed E-state index contributed by atoms with van der Waals surface area (Å²) in [6.07, 6.45) is 0. The molecular formula is C32H26N4. The molecule has 0 bridgehead atoms. The third kappa shape index (κ3) is 3.65. The standard InChI is InChI=1S/C32H26N4/c33-22-11-9-21(10-12-22)31-27-5-1-3-7-29(27)32(30-8-4-2-6-28(30)31)36(25-17-13-23(34)14-18-25)26-19-15-24(35)16-20-26/h1-20H,33-35H2. The molecule has 6 rings (SSSR count). The lowest BCUT2D eigenvalue weighted by molar-refractivity contribution is 1.31.